The van der Waals surface area contributed by atoms with E-state index < -0.39 is 31.6 Å². The maximum atomic E-state index is 12.5. The lowest BCUT2D eigenvalue weighted by Crippen LogP contribution is -2.26. The third-order valence-electron chi connectivity index (χ3n) is 2.67. The zero-order valence-electron chi connectivity index (χ0n) is 11.9. The molecular weight excluding hydrogens is 347 g/mol. The molecule has 22 heavy (non-hydrogen) atoms. The first-order valence-electron chi connectivity index (χ1n) is 6.27. The molecule has 0 aromatic carbocycles. The number of rotatable bonds is 10. The van der Waals surface area contributed by atoms with Gasteiger partial charge in [0, 0.05) is 18.5 Å². The summed E-state index contributed by atoms with van der Waals surface area (Å²) < 4.78 is 13.9. The van der Waals surface area contributed by atoms with E-state index >= 15 is 0 Å². The van der Waals surface area contributed by atoms with Crippen molar-refractivity contribution in [3.63, 3.8) is 0 Å². The van der Waals surface area contributed by atoms with Crippen LogP contribution in [-0.2, 0) is 14.2 Å². The molecule has 0 unspecified atom stereocenters. The van der Waals surface area contributed by atoms with Gasteiger partial charge in [-0.3, -0.25) is 14.3 Å². The SMILES string of the molecule is CN(CCSSc1ccccn1)P(=O)(CC(=O)O)CC(=O)O. The van der Waals surface area contributed by atoms with Crippen LogP contribution in [0.1, 0.15) is 0 Å². The Hall–Kier alpha value is -1.02. The van der Waals surface area contributed by atoms with Crippen molar-refractivity contribution in [2.75, 3.05) is 31.7 Å². The van der Waals surface area contributed by atoms with E-state index in [2.05, 4.69) is 4.98 Å². The number of pyridine rings is 1. The minimum absolute atomic E-state index is 0.336. The summed E-state index contributed by atoms with van der Waals surface area (Å²) >= 11 is 0. The predicted molar refractivity (Wildman–Crippen MR) is 87.8 cm³/mol. The van der Waals surface area contributed by atoms with Gasteiger partial charge in [0.2, 0.25) is 0 Å². The maximum absolute atomic E-state index is 12.5. The van der Waals surface area contributed by atoms with Crippen molar-refractivity contribution >= 4 is 40.8 Å². The van der Waals surface area contributed by atoms with Crippen LogP contribution in [0.2, 0.25) is 0 Å². The second-order valence-electron chi connectivity index (χ2n) is 4.40. The van der Waals surface area contributed by atoms with Gasteiger partial charge in [-0.05, 0) is 30.0 Å². The van der Waals surface area contributed by atoms with Crippen molar-refractivity contribution in [1.82, 2.24) is 9.65 Å². The van der Waals surface area contributed by atoms with E-state index in [1.165, 1.54) is 33.3 Å². The third kappa shape index (κ3) is 6.83. The molecule has 2 N–H and O–H groups in total. The van der Waals surface area contributed by atoms with Gasteiger partial charge in [0.05, 0.1) is 0 Å². The number of hydrogen-bond donors (Lipinski definition) is 2. The molecule has 0 fully saturated rings. The van der Waals surface area contributed by atoms with Crippen LogP contribution in [0, 0.1) is 0 Å². The summed E-state index contributed by atoms with van der Waals surface area (Å²) in [5.41, 5.74) is 0. The lowest BCUT2D eigenvalue weighted by Gasteiger charge is -2.25. The fourth-order valence-electron chi connectivity index (χ4n) is 1.57. The standard InChI is InChI=1S/C12H17N2O5PS2/c1-14(20(19,8-11(15)16)9-12(17)18)6-7-21-22-10-4-2-3-5-13-10/h2-5H,6-9H2,1H3,(H,15,16)(H,17,18). The number of hydrogen-bond acceptors (Lipinski definition) is 6. The molecule has 0 bridgehead atoms. The summed E-state index contributed by atoms with van der Waals surface area (Å²) in [7, 11) is 1.00. The smallest absolute Gasteiger partial charge is 0.312 e. The van der Waals surface area contributed by atoms with Crippen LogP contribution in [0.25, 0.3) is 0 Å². The van der Waals surface area contributed by atoms with Gasteiger partial charge in [0.25, 0.3) is 0 Å². The summed E-state index contributed by atoms with van der Waals surface area (Å²) in [6.45, 7) is 0.336. The first-order valence-corrected chi connectivity index (χ1v) is 10.6. The molecule has 1 aromatic rings. The van der Waals surface area contributed by atoms with Crippen LogP contribution in [0.4, 0.5) is 0 Å². The van der Waals surface area contributed by atoms with Crippen molar-refractivity contribution < 1.29 is 24.4 Å². The molecule has 0 spiro atoms. The summed E-state index contributed by atoms with van der Waals surface area (Å²) in [6, 6.07) is 5.55. The molecule has 1 aromatic heterocycles. The molecule has 0 aliphatic heterocycles. The highest BCUT2D eigenvalue weighted by molar-refractivity contribution is 8.76. The van der Waals surface area contributed by atoms with Crippen molar-refractivity contribution in [3.8, 4) is 0 Å². The van der Waals surface area contributed by atoms with Gasteiger partial charge < -0.3 is 14.8 Å². The Balaban J connectivity index is 2.49. The number of carbonyl (C=O) groups is 2. The monoisotopic (exact) mass is 364 g/mol. The second-order valence-corrected chi connectivity index (χ2v) is 9.85. The average Bonchev–Trinajstić information content (AvgIpc) is 2.42. The van der Waals surface area contributed by atoms with Crippen LogP contribution in [0.3, 0.4) is 0 Å². The Labute approximate surface area is 136 Å². The van der Waals surface area contributed by atoms with Gasteiger partial charge in [0.1, 0.15) is 17.3 Å². The van der Waals surface area contributed by atoms with Crippen LogP contribution in [0.15, 0.2) is 29.4 Å². The quantitative estimate of drug-likeness (QED) is 0.367. The van der Waals surface area contributed by atoms with Gasteiger partial charge in [-0.25, -0.2) is 4.98 Å². The molecule has 0 aliphatic rings. The minimum atomic E-state index is -3.44. The van der Waals surface area contributed by atoms with E-state index in [4.69, 9.17) is 10.2 Å². The van der Waals surface area contributed by atoms with E-state index in [9.17, 15) is 14.2 Å². The van der Waals surface area contributed by atoms with Crippen LogP contribution in [-0.4, -0.2) is 63.5 Å². The molecular formula is C12H17N2O5PS2. The zero-order chi connectivity index (χ0) is 16.6. The van der Waals surface area contributed by atoms with Crippen molar-refractivity contribution in [2.24, 2.45) is 0 Å². The molecule has 0 amide bonds. The fraction of sp³-hybridized carbons (Fsp3) is 0.417. The molecule has 1 rings (SSSR count). The zero-order valence-corrected chi connectivity index (χ0v) is 14.4. The first kappa shape index (κ1) is 19.0. The molecule has 122 valence electrons. The Bertz CT molecular complexity index is 538. The van der Waals surface area contributed by atoms with Gasteiger partial charge in [-0.1, -0.05) is 16.9 Å². The maximum Gasteiger partial charge on any atom is 0.312 e. The Morgan fingerprint density at radius 1 is 1.27 bits per heavy atom. The van der Waals surface area contributed by atoms with Crippen LogP contribution >= 0.6 is 28.9 Å². The minimum Gasteiger partial charge on any atom is -0.481 e. The number of nitrogens with zero attached hydrogens (tertiary/aromatic N) is 2. The van der Waals surface area contributed by atoms with E-state index in [1.807, 2.05) is 18.2 Å². The number of aromatic nitrogens is 1. The van der Waals surface area contributed by atoms with E-state index in [0.29, 0.717) is 12.3 Å². The van der Waals surface area contributed by atoms with Crippen molar-refractivity contribution in [1.29, 1.82) is 0 Å². The first-order chi connectivity index (χ1) is 10.3. The molecule has 0 atom stereocenters. The van der Waals surface area contributed by atoms with Gasteiger partial charge in [0.15, 0.2) is 7.29 Å². The Morgan fingerprint density at radius 3 is 2.41 bits per heavy atom. The number of carboxylic acids is 2. The highest BCUT2D eigenvalue weighted by Crippen LogP contribution is 2.48. The largest absolute Gasteiger partial charge is 0.481 e. The van der Waals surface area contributed by atoms with Gasteiger partial charge in [-0.2, -0.15) is 0 Å². The van der Waals surface area contributed by atoms with Crippen molar-refractivity contribution in [2.45, 2.75) is 5.03 Å². The Morgan fingerprint density at radius 2 is 1.91 bits per heavy atom. The van der Waals surface area contributed by atoms with E-state index in [0.717, 1.165) is 5.03 Å². The Kier molecular flexibility index (Phi) is 7.95. The third-order valence-corrected chi connectivity index (χ3v) is 7.89. The van der Waals surface area contributed by atoms with Crippen LogP contribution < -0.4 is 0 Å². The molecule has 1 heterocycles. The summed E-state index contributed by atoms with van der Waals surface area (Å²) in [4.78, 5) is 25.8. The van der Waals surface area contributed by atoms with Crippen LogP contribution in [0.5, 0.6) is 0 Å². The molecule has 10 heteroatoms. The highest BCUT2D eigenvalue weighted by atomic mass is 33.1. The highest BCUT2D eigenvalue weighted by Gasteiger charge is 2.33. The lowest BCUT2D eigenvalue weighted by atomic mass is 10.5. The molecule has 0 radical (unpaired) electrons. The van der Waals surface area contributed by atoms with Crippen molar-refractivity contribution in [3.05, 3.63) is 24.4 Å². The molecule has 0 saturated heterocycles. The average molecular weight is 364 g/mol. The summed E-state index contributed by atoms with van der Waals surface area (Å²) in [5.74, 6) is -1.94. The number of aliphatic carboxylic acids is 2. The second kappa shape index (κ2) is 9.19. The molecule has 0 aliphatic carbocycles. The lowest BCUT2D eigenvalue weighted by molar-refractivity contribution is -0.134. The van der Waals surface area contributed by atoms with E-state index in [-0.39, 0.29) is 0 Å². The van der Waals surface area contributed by atoms with E-state index in [1.54, 1.807) is 6.20 Å². The molecule has 7 nitrogen and oxygen atoms in total. The molecule has 0 saturated carbocycles. The summed E-state index contributed by atoms with van der Waals surface area (Å²) in [5, 5.41) is 18.5. The van der Waals surface area contributed by atoms with Gasteiger partial charge >= 0.3 is 11.9 Å². The fourth-order valence-corrected chi connectivity index (χ4v) is 5.53. The predicted octanol–water partition coefficient (Wildman–Crippen LogP) is 2.20. The normalized spacial score (nSPS) is 11.5. The topological polar surface area (TPSA) is 108 Å². The summed E-state index contributed by atoms with van der Waals surface area (Å²) in [6.07, 6.45) is 0.393. The van der Waals surface area contributed by atoms with Gasteiger partial charge in [-0.15, -0.1) is 0 Å². The number of carboxylic acid groups (broad SMARTS) is 2.